The normalized spacial score (nSPS) is 11.3. The fourth-order valence-electron chi connectivity index (χ4n) is 1.65. The van der Waals surface area contributed by atoms with Crippen LogP contribution < -0.4 is 5.32 Å². The molecule has 21 heavy (non-hydrogen) atoms. The van der Waals surface area contributed by atoms with Crippen molar-refractivity contribution >= 4 is 34.3 Å². The third-order valence-corrected chi connectivity index (χ3v) is 4.57. The Labute approximate surface area is 134 Å². The van der Waals surface area contributed by atoms with Gasteiger partial charge in [0.05, 0.1) is 6.54 Å². The van der Waals surface area contributed by atoms with E-state index in [4.69, 9.17) is 5.11 Å². The largest absolute Gasteiger partial charge is 0.396 e. The van der Waals surface area contributed by atoms with E-state index < -0.39 is 0 Å². The molecule has 0 radical (unpaired) electrons. The van der Waals surface area contributed by atoms with Crippen LogP contribution in [0, 0.1) is 0 Å². The zero-order chi connectivity index (χ0) is 15.7. The Balaban J connectivity index is 2.45. The van der Waals surface area contributed by atoms with Gasteiger partial charge in [0.2, 0.25) is 16.2 Å². The number of thioether (sulfide) groups is 1. The third-order valence-electron chi connectivity index (χ3n) is 2.77. The van der Waals surface area contributed by atoms with E-state index in [1.807, 2.05) is 18.7 Å². The molecule has 1 aromatic heterocycles. The summed E-state index contributed by atoms with van der Waals surface area (Å²) in [6.07, 6.45) is 1.74. The van der Waals surface area contributed by atoms with E-state index >= 15 is 0 Å². The molecule has 0 aromatic carbocycles. The second-order valence-electron chi connectivity index (χ2n) is 4.92. The highest BCUT2D eigenvalue weighted by Gasteiger charge is 2.15. The number of aromatic nitrogens is 2. The van der Waals surface area contributed by atoms with E-state index in [0.717, 1.165) is 17.3 Å². The van der Waals surface area contributed by atoms with Crippen LogP contribution in [0.3, 0.4) is 0 Å². The van der Waals surface area contributed by atoms with Crippen molar-refractivity contribution in [3.8, 4) is 0 Å². The van der Waals surface area contributed by atoms with Crippen LogP contribution in [0.5, 0.6) is 0 Å². The summed E-state index contributed by atoms with van der Waals surface area (Å²) in [5.41, 5.74) is 0. The average Bonchev–Trinajstić information content (AvgIpc) is 2.88. The van der Waals surface area contributed by atoms with Crippen molar-refractivity contribution in [3.63, 3.8) is 0 Å². The van der Waals surface area contributed by atoms with Gasteiger partial charge in [0.15, 0.2) is 0 Å². The number of carbonyl (C=O) groups is 1. The molecule has 1 aromatic rings. The van der Waals surface area contributed by atoms with E-state index in [-0.39, 0.29) is 18.6 Å². The third kappa shape index (κ3) is 7.21. The van der Waals surface area contributed by atoms with Crippen molar-refractivity contribution in [2.45, 2.75) is 44.8 Å². The minimum absolute atomic E-state index is 0.0927. The molecule has 1 heterocycles. The molecule has 0 aliphatic rings. The van der Waals surface area contributed by atoms with Gasteiger partial charge in [-0.2, -0.15) is 9.36 Å². The van der Waals surface area contributed by atoms with Crippen molar-refractivity contribution in [2.75, 3.05) is 30.8 Å². The SMILES string of the molecule is CCCSc1nsc(NC(=O)CN(CCCO)C(C)C)n1. The molecule has 8 heteroatoms. The maximum atomic E-state index is 12.0. The van der Waals surface area contributed by atoms with Crippen LogP contribution in [0.15, 0.2) is 5.16 Å². The van der Waals surface area contributed by atoms with Crippen molar-refractivity contribution in [1.29, 1.82) is 0 Å². The Hall–Kier alpha value is -0.700. The summed E-state index contributed by atoms with van der Waals surface area (Å²) >= 11 is 2.81. The first-order valence-electron chi connectivity index (χ1n) is 7.18. The second kappa shape index (κ2) is 10.1. The lowest BCUT2D eigenvalue weighted by Gasteiger charge is -2.25. The van der Waals surface area contributed by atoms with E-state index in [9.17, 15) is 4.79 Å². The minimum Gasteiger partial charge on any atom is -0.396 e. The lowest BCUT2D eigenvalue weighted by molar-refractivity contribution is -0.117. The van der Waals surface area contributed by atoms with Crippen molar-refractivity contribution < 1.29 is 9.90 Å². The summed E-state index contributed by atoms with van der Waals surface area (Å²) in [6, 6.07) is 0.257. The standard InChI is InChI=1S/C13H24N4O2S2/c1-4-8-20-13-15-12(21-16-13)14-11(19)9-17(10(2)3)6-5-7-18/h10,18H,4-9H2,1-3H3,(H,14,15,16,19). The van der Waals surface area contributed by atoms with E-state index in [0.29, 0.717) is 24.6 Å². The van der Waals surface area contributed by atoms with Crippen LogP contribution in [-0.2, 0) is 4.79 Å². The lowest BCUT2D eigenvalue weighted by atomic mass is 10.3. The van der Waals surface area contributed by atoms with Gasteiger partial charge in [-0.05, 0) is 26.7 Å². The molecule has 0 aliphatic carbocycles. The van der Waals surface area contributed by atoms with Gasteiger partial charge in [0.25, 0.3) is 0 Å². The number of carbonyl (C=O) groups excluding carboxylic acids is 1. The number of nitrogens with zero attached hydrogens (tertiary/aromatic N) is 3. The molecule has 1 rings (SSSR count). The summed E-state index contributed by atoms with van der Waals surface area (Å²) in [5, 5.41) is 12.9. The van der Waals surface area contributed by atoms with E-state index in [1.165, 1.54) is 11.5 Å². The molecule has 0 unspecified atom stereocenters. The molecule has 0 saturated heterocycles. The number of anilines is 1. The molecule has 6 nitrogen and oxygen atoms in total. The van der Waals surface area contributed by atoms with Gasteiger partial charge >= 0.3 is 0 Å². The smallest absolute Gasteiger partial charge is 0.240 e. The first-order chi connectivity index (χ1) is 10.1. The molecular weight excluding hydrogens is 308 g/mol. The van der Waals surface area contributed by atoms with Crippen LogP contribution in [0.1, 0.15) is 33.6 Å². The van der Waals surface area contributed by atoms with Crippen LogP contribution in [-0.4, -0.2) is 56.8 Å². The highest BCUT2D eigenvalue weighted by molar-refractivity contribution is 7.99. The maximum Gasteiger partial charge on any atom is 0.240 e. The molecule has 0 aliphatic heterocycles. The second-order valence-corrected chi connectivity index (χ2v) is 6.73. The monoisotopic (exact) mass is 332 g/mol. The van der Waals surface area contributed by atoms with Crippen molar-refractivity contribution in [3.05, 3.63) is 0 Å². The van der Waals surface area contributed by atoms with Gasteiger partial charge in [-0.15, -0.1) is 0 Å². The molecule has 0 atom stereocenters. The number of hydrogen-bond acceptors (Lipinski definition) is 7. The van der Waals surface area contributed by atoms with Gasteiger partial charge in [0.1, 0.15) is 0 Å². The number of rotatable bonds is 10. The topological polar surface area (TPSA) is 78.4 Å². The van der Waals surface area contributed by atoms with Gasteiger partial charge in [-0.1, -0.05) is 18.7 Å². The Morgan fingerprint density at radius 2 is 2.29 bits per heavy atom. The van der Waals surface area contributed by atoms with Gasteiger partial charge in [-0.25, -0.2) is 0 Å². The summed E-state index contributed by atoms with van der Waals surface area (Å²) in [5.74, 6) is 0.886. The summed E-state index contributed by atoms with van der Waals surface area (Å²) in [7, 11) is 0. The van der Waals surface area contributed by atoms with Crippen molar-refractivity contribution in [1.82, 2.24) is 14.3 Å². The fraction of sp³-hybridized carbons (Fsp3) is 0.769. The molecule has 0 fully saturated rings. The van der Waals surface area contributed by atoms with Gasteiger partial charge in [-0.3, -0.25) is 15.0 Å². The van der Waals surface area contributed by atoms with Crippen molar-refractivity contribution in [2.24, 2.45) is 0 Å². The van der Waals surface area contributed by atoms with Gasteiger partial charge < -0.3 is 5.11 Å². The molecule has 1 amide bonds. The zero-order valence-corrected chi connectivity index (χ0v) is 14.5. The highest BCUT2D eigenvalue weighted by atomic mass is 32.2. The minimum atomic E-state index is -0.0927. The molecule has 2 N–H and O–H groups in total. The van der Waals surface area contributed by atoms with Crippen LogP contribution in [0.2, 0.25) is 0 Å². The van der Waals surface area contributed by atoms with Gasteiger partial charge in [0, 0.05) is 36.5 Å². The average molecular weight is 332 g/mol. The fourth-order valence-corrected chi connectivity index (χ4v) is 3.06. The highest BCUT2D eigenvalue weighted by Crippen LogP contribution is 2.20. The number of aliphatic hydroxyl groups is 1. The Bertz CT molecular complexity index is 426. The number of aliphatic hydroxyl groups excluding tert-OH is 1. The van der Waals surface area contributed by atoms with Crippen LogP contribution >= 0.6 is 23.3 Å². The summed E-state index contributed by atoms with van der Waals surface area (Å²) in [6.45, 7) is 7.32. The number of amides is 1. The Morgan fingerprint density at radius 3 is 2.90 bits per heavy atom. The van der Waals surface area contributed by atoms with E-state index in [2.05, 4.69) is 21.6 Å². The molecular formula is C13H24N4O2S2. The lowest BCUT2D eigenvalue weighted by Crippen LogP contribution is -2.38. The Kier molecular flexibility index (Phi) is 8.82. The first-order valence-corrected chi connectivity index (χ1v) is 8.94. The molecule has 120 valence electrons. The number of nitrogens with one attached hydrogen (secondary N) is 1. The van der Waals surface area contributed by atoms with Crippen LogP contribution in [0.25, 0.3) is 0 Å². The first kappa shape index (κ1) is 18.3. The maximum absolute atomic E-state index is 12.0. The summed E-state index contributed by atoms with van der Waals surface area (Å²) in [4.78, 5) is 18.3. The Morgan fingerprint density at radius 1 is 1.52 bits per heavy atom. The predicted molar refractivity (Wildman–Crippen MR) is 88.0 cm³/mol. The zero-order valence-electron chi connectivity index (χ0n) is 12.8. The number of hydrogen-bond donors (Lipinski definition) is 2. The molecule has 0 saturated carbocycles. The quantitative estimate of drug-likeness (QED) is 0.639. The van der Waals surface area contributed by atoms with E-state index in [1.54, 1.807) is 11.8 Å². The predicted octanol–water partition coefficient (Wildman–Crippen LogP) is 2.07. The summed E-state index contributed by atoms with van der Waals surface area (Å²) < 4.78 is 4.20. The molecule has 0 spiro atoms. The molecule has 0 bridgehead atoms. The van der Waals surface area contributed by atoms with Crippen LogP contribution in [0.4, 0.5) is 5.13 Å².